The molecule has 44 heavy (non-hydrogen) atoms. The Hall–Kier alpha value is -5.57. The van der Waals surface area contributed by atoms with E-state index < -0.39 is 6.03 Å². The van der Waals surface area contributed by atoms with Gasteiger partial charge in [0.1, 0.15) is 23.0 Å². The molecule has 0 saturated heterocycles. The van der Waals surface area contributed by atoms with E-state index >= 15 is 0 Å². The van der Waals surface area contributed by atoms with Gasteiger partial charge in [0.2, 0.25) is 0 Å². The molecule has 9 heteroatoms. The fourth-order valence-electron chi connectivity index (χ4n) is 5.01. The SMILES string of the molecule is Cc1cccc(Oc2ccc(-c3nn(-c4ccc(NC(=O)Nc5cc(C(C)(C)C)on5)cc4C)c4cccc(N)c34)cc2)c1. The number of hydrogen-bond acceptors (Lipinski definition) is 6. The normalized spacial score (nSPS) is 11.5. The lowest BCUT2D eigenvalue weighted by atomic mass is 9.93. The summed E-state index contributed by atoms with van der Waals surface area (Å²) in [5, 5.41) is 15.4. The van der Waals surface area contributed by atoms with Crippen molar-refractivity contribution >= 4 is 34.1 Å². The predicted molar refractivity (Wildman–Crippen MR) is 175 cm³/mol. The number of benzene rings is 4. The average Bonchev–Trinajstić information content (AvgIpc) is 3.60. The van der Waals surface area contributed by atoms with Gasteiger partial charge in [0.15, 0.2) is 5.82 Å². The van der Waals surface area contributed by atoms with Gasteiger partial charge in [-0.3, -0.25) is 5.32 Å². The third-order valence-corrected chi connectivity index (χ3v) is 7.27. The second-order valence-corrected chi connectivity index (χ2v) is 11.9. The summed E-state index contributed by atoms with van der Waals surface area (Å²) in [4.78, 5) is 12.7. The number of ether oxygens (including phenoxy) is 1. The van der Waals surface area contributed by atoms with E-state index in [1.165, 1.54) is 0 Å². The first-order valence-electron chi connectivity index (χ1n) is 14.3. The summed E-state index contributed by atoms with van der Waals surface area (Å²) in [5.74, 6) is 2.56. The fraction of sp³-hybridized carbons (Fsp3) is 0.171. The zero-order valence-electron chi connectivity index (χ0n) is 25.3. The fourth-order valence-corrected chi connectivity index (χ4v) is 5.01. The molecule has 6 aromatic rings. The first kappa shape index (κ1) is 28.5. The van der Waals surface area contributed by atoms with Gasteiger partial charge < -0.3 is 20.3 Å². The minimum Gasteiger partial charge on any atom is -0.457 e. The van der Waals surface area contributed by atoms with Crippen LogP contribution in [0, 0.1) is 13.8 Å². The van der Waals surface area contributed by atoms with Crippen molar-refractivity contribution in [3.05, 3.63) is 108 Å². The van der Waals surface area contributed by atoms with E-state index in [9.17, 15) is 4.79 Å². The number of aromatic nitrogens is 3. The molecule has 2 heterocycles. The van der Waals surface area contributed by atoms with Crippen molar-refractivity contribution in [3.63, 3.8) is 0 Å². The second-order valence-electron chi connectivity index (χ2n) is 11.9. The molecular weight excluding hydrogens is 552 g/mol. The summed E-state index contributed by atoms with van der Waals surface area (Å²) >= 11 is 0. The van der Waals surface area contributed by atoms with Gasteiger partial charge in [-0.1, -0.05) is 44.1 Å². The van der Waals surface area contributed by atoms with Crippen molar-refractivity contribution in [3.8, 4) is 28.4 Å². The maximum atomic E-state index is 12.7. The Bertz CT molecular complexity index is 1980. The highest BCUT2D eigenvalue weighted by atomic mass is 16.5. The summed E-state index contributed by atoms with van der Waals surface area (Å²) in [6.45, 7) is 10.1. The van der Waals surface area contributed by atoms with Crippen molar-refractivity contribution in [2.24, 2.45) is 0 Å². The van der Waals surface area contributed by atoms with Gasteiger partial charge in [-0.25, -0.2) is 9.48 Å². The number of carbonyl (C=O) groups excluding carboxylic acids is 1. The molecular formula is C35H34N6O3. The summed E-state index contributed by atoms with van der Waals surface area (Å²) in [6.07, 6.45) is 0. The van der Waals surface area contributed by atoms with Crippen molar-refractivity contribution in [2.45, 2.75) is 40.0 Å². The summed E-state index contributed by atoms with van der Waals surface area (Å²) in [7, 11) is 0. The lowest BCUT2D eigenvalue weighted by Gasteiger charge is -2.12. The zero-order chi connectivity index (χ0) is 31.0. The first-order chi connectivity index (χ1) is 21.0. The van der Waals surface area contributed by atoms with Crippen molar-refractivity contribution in [1.29, 1.82) is 0 Å². The Morgan fingerprint density at radius 2 is 1.66 bits per heavy atom. The van der Waals surface area contributed by atoms with Crippen LogP contribution in [-0.2, 0) is 5.41 Å². The van der Waals surface area contributed by atoms with E-state index in [1.807, 2.05) is 124 Å². The number of nitrogens with two attached hydrogens (primary N) is 1. The number of amides is 2. The molecule has 0 bridgehead atoms. The number of hydrogen-bond donors (Lipinski definition) is 3. The molecule has 0 aliphatic rings. The van der Waals surface area contributed by atoms with Gasteiger partial charge in [-0.2, -0.15) is 5.10 Å². The van der Waals surface area contributed by atoms with E-state index in [0.717, 1.165) is 50.5 Å². The number of anilines is 3. The van der Waals surface area contributed by atoms with Crippen LogP contribution < -0.4 is 21.1 Å². The number of aryl methyl sites for hydroxylation is 2. The van der Waals surface area contributed by atoms with Gasteiger partial charge in [0, 0.05) is 28.4 Å². The van der Waals surface area contributed by atoms with Crippen LogP contribution in [0.15, 0.2) is 95.5 Å². The van der Waals surface area contributed by atoms with E-state index in [1.54, 1.807) is 6.07 Å². The molecule has 0 saturated carbocycles. The van der Waals surface area contributed by atoms with Gasteiger partial charge >= 0.3 is 6.03 Å². The number of fused-ring (bicyclic) bond motifs is 1. The zero-order valence-corrected chi connectivity index (χ0v) is 25.3. The number of nitrogens with one attached hydrogen (secondary N) is 2. The number of urea groups is 1. The molecule has 0 aliphatic heterocycles. The minimum absolute atomic E-state index is 0.211. The van der Waals surface area contributed by atoms with Gasteiger partial charge in [0.25, 0.3) is 0 Å². The van der Waals surface area contributed by atoms with Crippen LogP contribution in [0.1, 0.15) is 37.7 Å². The third kappa shape index (κ3) is 5.85. The van der Waals surface area contributed by atoms with Crippen molar-refractivity contribution < 1.29 is 14.1 Å². The molecule has 222 valence electrons. The Labute approximate surface area is 255 Å². The van der Waals surface area contributed by atoms with Crippen LogP contribution in [0.4, 0.5) is 22.0 Å². The molecule has 0 spiro atoms. The van der Waals surface area contributed by atoms with E-state index in [0.29, 0.717) is 23.0 Å². The first-order valence-corrected chi connectivity index (χ1v) is 14.3. The second kappa shape index (κ2) is 11.3. The van der Waals surface area contributed by atoms with Crippen LogP contribution in [0.2, 0.25) is 0 Å². The van der Waals surface area contributed by atoms with Crippen LogP contribution in [0.5, 0.6) is 11.5 Å². The third-order valence-electron chi connectivity index (χ3n) is 7.27. The Morgan fingerprint density at radius 1 is 0.886 bits per heavy atom. The Morgan fingerprint density at radius 3 is 2.36 bits per heavy atom. The average molecular weight is 587 g/mol. The molecule has 2 aromatic heterocycles. The molecule has 4 aromatic carbocycles. The highest BCUT2D eigenvalue weighted by Crippen LogP contribution is 2.36. The maximum absolute atomic E-state index is 12.7. The smallest absolute Gasteiger partial charge is 0.324 e. The predicted octanol–water partition coefficient (Wildman–Crippen LogP) is 8.61. The molecule has 0 atom stereocenters. The van der Waals surface area contributed by atoms with Crippen molar-refractivity contribution in [2.75, 3.05) is 16.4 Å². The van der Waals surface area contributed by atoms with Crippen LogP contribution >= 0.6 is 0 Å². The van der Waals surface area contributed by atoms with E-state index in [-0.39, 0.29) is 5.41 Å². The molecule has 2 amide bonds. The number of carbonyl (C=O) groups is 1. The van der Waals surface area contributed by atoms with Gasteiger partial charge in [0.05, 0.1) is 16.6 Å². The van der Waals surface area contributed by atoms with Gasteiger partial charge in [-0.15, -0.1) is 0 Å². The topological polar surface area (TPSA) is 120 Å². The molecule has 0 fully saturated rings. The lowest BCUT2D eigenvalue weighted by Crippen LogP contribution is -2.19. The van der Waals surface area contributed by atoms with Gasteiger partial charge in [-0.05, 0) is 91.7 Å². The standard InChI is InChI=1S/C35H34N6O3/c1-21-8-6-9-26(18-21)43-25-15-12-23(13-16-25)33-32-27(36)10-7-11-29(32)41(39-33)28-17-14-24(19-22(28)2)37-34(42)38-31-20-30(44-40-31)35(3,4)5/h6-20H,36H2,1-5H3,(H2,37,38,40,42). The molecule has 0 aliphatic carbocycles. The highest BCUT2D eigenvalue weighted by molar-refractivity contribution is 6.02. The molecule has 4 N–H and O–H groups in total. The Kier molecular flexibility index (Phi) is 7.30. The monoisotopic (exact) mass is 586 g/mol. The molecule has 0 radical (unpaired) electrons. The summed E-state index contributed by atoms with van der Waals surface area (Å²) in [6, 6.07) is 28.6. The minimum atomic E-state index is -0.416. The molecule has 9 nitrogen and oxygen atoms in total. The maximum Gasteiger partial charge on any atom is 0.324 e. The van der Waals surface area contributed by atoms with Crippen molar-refractivity contribution in [1.82, 2.24) is 14.9 Å². The van der Waals surface area contributed by atoms with Crippen LogP contribution in [0.3, 0.4) is 0 Å². The summed E-state index contributed by atoms with van der Waals surface area (Å²) < 4.78 is 13.3. The molecule has 0 unspecified atom stereocenters. The highest BCUT2D eigenvalue weighted by Gasteiger charge is 2.21. The Balaban J connectivity index is 1.25. The van der Waals surface area contributed by atoms with E-state index in [4.69, 9.17) is 20.1 Å². The quantitative estimate of drug-likeness (QED) is 0.168. The largest absolute Gasteiger partial charge is 0.457 e. The summed E-state index contributed by atoms with van der Waals surface area (Å²) in [5.41, 5.74) is 13.0. The lowest BCUT2D eigenvalue weighted by molar-refractivity contribution is 0.262. The number of rotatable bonds is 6. The van der Waals surface area contributed by atoms with Crippen LogP contribution in [0.25, 0.3) is 27.8 Å². The number of nitrogens with zero attached hydrogens (tertiary/aromatic N) is 3. The number of nitrogen functional groups attached to an aromatic ring is 1. The van der Waals surface area contributed by atoms with Crippen LogP contribution in [-0.4, -0.2) is 21.0 Å². The molecule has 6 rings (SSSR count). The van der Waals surface area contributed by atoms with E-state index in [2.05, 4.69) is 15.8 Å².